The zero-order valence-electron chi connectivity index (χ0n) is 20.8. The van der Waals surface area contributed by atoms with Crippen LogP contribution in [0, 0.1) is 12.3 Å². The lowest BCUT2D eigenvalue weighted by Gasteiger charge is -2.41. The van der Waals surface area contributed by atoms with Gasteiger partial charge in [-0.2, -0.15) is 4.31 Å². The quantitative estimate of drug-likeness (QED) is 0.556. The minimum absolute atomic E-state index is 0.00259. The highest BCUT2D eigenvalue weighted by Gasteiger charge is 2.44. The summed E-state index contributed by atoms with van der Waals surface area (Å²) in [5, 5.41) is 8.93. The number of terminal acetylenes is 1. The van der Waals surface area contributed by atoms with Crippen molar-refractivity contribution in [2.75, 3.05) is 40.3 Å². The van der Waals surface area contributed by atoms with Crippen molar-refractivity contribution in [3.05, 3.63) is 29.8 Å². The number of benzene rings is 1. The summed E-state index contributed by atoms with van der Waals surface area (Å²) in [6, 6.07) is 5.22. The zero-order chi connectivity index (χ0) is 26.5. The number of hydrogen-bond donors (Lipinski definition) is 2. The molecule has 0 spiro atoms. The fourth-order valence-corrected chi connectivity index (χ4v) is 6.40. The van der Waals surface area contributed by atoms with Crippen LogP contribution in [0.1, 0.15) is 18.9 Å². The number of piperazine rings is 1. The third kappa shape index (κ3) is 4.30. The van der Waals surface area contributed by atoms with Crippen LogP contribution in [0.4, 0.5) is 4.79 Å². The number of hydrazone groups is 1. The molecule has 3 aliphatic heterocycles. The Morgan fingerprint density at radius 2 is 2.03 bits per heavy atom. The molecule has 0 saturated carbocycles. The Kier molecular flexibility index (Phi) is 6.35. The predicted octanol–water partition coefficient (Wildman–Crippen LogP) is 0.386. The number of amides is 3. The number of H-pyrrole nitrogens is 1. The lowest BCUT2D eigenvalue weighted by atomic mass is 10.1. The number of aromatic nitrogens is 1. The van der Waals surface area contributed by atoms with E-state index in [4.69, 9.17) is 11.2 Å². The second-order valence-corrected chi connectivity index (χ2v) is 11.2. The number of hydrogen-bond acceptors (Lipinski definition) is 7. The molecule has 3 atom stereocenters. The molecule has 2 aromatic rings. The van der Waals surface area contributed by atoms with E-state index in [1.54, 1.807) is 18.2 Å². The molecule has 3 amide bonds. The van der Waals surface area contributed by atoms with Gasteiger partial charge in [0.1, 0.15) is 11.1 Å². The van der Waals surface area contributed by atoms with Crippen molar-refractivity contribution in [1.29, 1.82) is 0 Å². The highest BCUT2D eigenvalue weighted by atomic mass is 32.2. The molecular weight excluding hydrogens is 498 g/mol. The molecule has 37 heavy (non-hydrogen) atoms. The average Bonchev–Trinajstić information content (AvgIpc) is 3.47. The zero-order valence-corrected chi connectivity index (χ0v) is 21.7. The van der Waals surface area contributed by atoms with Crippen molar-refractivity contribution < 1.29 is 22.7 Å². The number of carbonyl (C=O) groups excluding carboxylic acids is 2. The van der Waals surface area contributed by atoms with Crippen molar-refractivity contribution in [2.24, 2.45) is 5.10 Å². The standard InChI is InChI=1S/C24H29N7O5S/c1-5-16-6-7-18-17(12-16)13-21(26-18)37(34,35)29-10-11-30(20(14-29)22(32)25-3)24(33)31-9-8-19-23(27-31)36-15(2)28(19)4/h1,6-7,12-13,15,19-20,26H,8-11,14H2,2-4H3,(H,25,32). The molecule has 2 fully saturated rings. The molecule has 0 bridgehead atoms. The normalized spacial score (nSPS) is 24.8. The molecule has 1 aromatic carbocycles. The highest BCUT2D eigenvalue weighted by Crippen LogP contribution is 2.27. The van der Waals surface area contributed by atoms with E-state index in [2.05, 4.69) is 26.2 Å². The van der Waals surface area contributed by atoms with Gasteiger partial charge in [-0.3, -0.25) is 9.69 Å². The first kappa shape index (κ1) is 25.1. The largest absolute Gasteiger partial charge is 0.460 e. The second-order valence-electron chi connectivity index (χ2n) is 9.30. The van der Waals surface area contributed by atoms with Crippen molar-refractivity contribution in [3.8, 4) is 12.3 Å². The maximum atomic E-state index is 13.5. The van der Waals surface area contributed by atoms with E-state index < -0.39 is 28.0 Å². The van der Waals surface area contributed by atoms with E-state index in [9.17, 15) is 18.0 Å². The Morgan fingerprint density at radius 3 is 2.76 bits per heavy atom. The van der Waals surface area contributed by atoms with Gasteiger partial charge in [-0.1, -0.05) is 5.92 Å². The maximum Gasteiger partial charge on any atom is 0.341 e. The smallest absolute Gasteiger partial charge is 0.341 e. The molecule has 2 N–H and O–H groups in total. The Hall–Kier alpha value is -3.60. The minimum Gasteiger partial charge on any atom is -0.460 e. The Bertz CT molecular complexity index is 1430. The summed E-state index contributed by atoms with van der Waals surface area (Å²) in [7, 11) is -0.580. The Labute approximate surface area is 215 Å². The van der Waals surface area contributed by atoms with Gasteiger partial charge in [0, 0.05) is 49.7 Å². The maximum absolute atomic E-state index is 13.5. The summed E-state index contributed by atoms with van der Waals surface area (Å²) in [5.41, 5.74) is 1.27. The number of ether oxygens (including phenoxy) is 1. The molecular formula is C24H29N7O5S. The number of likely N-dealkylation sites (N-methyl/N-ethyl adjacent to an activating group) is 2. The number of urea groups is 1. The van der Waals surface area contributed by atoms with Crippen LogP contribution in [0.2, 0.25) is 0 Å². The van der Waals surface area contributed by atoms with Crippen molar-refractivity contribution in [1.82, 2.24) is 29.4 Å². The first-order valence-corrected chi connectivity index (χ1v) is 13.4. The lowest BCUT2D eigenvalue weighted by molar-refractivity contribution is -0.126. The summed E-state index contributed by atoms with van der Waals surface area (Å²) in [6.45, 7) is 2.13. The fourth-order valence-electron chi connectivity index (χ4n) is 4.95. The third-order valence-corrected chi connectivity index (χ3v) is 9.00. The predicted molar refractivity (Wildman–Crippen MR) is 136 cm³/mol. The number of carbonyl (C=O) groups is 2. The van der Waals surface area contributed by atoms with E-state index >= 15 is 0 Å². The SMILES string of the molecule is C#Cc1ccc2[nH]c(S(=O)(=O)N3CCN(C(=O)N4CCC5C(=N4)OC(C)N5C)C(C(=O)NC)C3)cc2c1. The van der Waals surface area contributed by atoms with Gasteiger partial charge < -0.3 is 19.9 Å². The van der Waals surface area contributed by atoms with Crippen molar-refractivity contribution >= 4 is 38.8 Å². The van der Waals surface area contributed by atoms with Crippen LogP contribution in [0.25, 0.3) is 10.9 Å². The number of fused-ring (bicyclic) bond motifs is 2. The molecule has 3 aliphatic rings. The summed E-state index contributed by atoms with van der Waals surface area (Å²) < 4.78 is 34.0. The molecule has 1 aromatic heterocycles. The van der Waals surface area contributed by atoms with Gasteiger partial charge in [0.25, 0.3) is 10.0 Å². The van der Waals surface area contributed by atoms with Crippen LogP contribution in [-0.4, -0.2) is 109 Å². The first-order chi connectivity index (χ1) is 17.6. The van der Waals surface area contributed by atoms with E-state index in [1.807, 2.05) is 14.0 Å². The average molecular weight is 528 g/mol. The van der Waals surface area contributed by atoms with Gasteiger partial charge in [0.2, 0.25) is 11.8 Å². The van der Waals surface area contributed by atoms with Crippen LogP contribution in [-0.2, 0) is 19.6 Å². The van der Waals surface area contributed by atoms with Crippen LogP contribution in [0.15, 0.2) is 34.4 Å². The summed E-state index contributed by atoms with van der Waals surface area (Å²) in [6.07, 6.45) is 5.96. The topological polar surface area (TPSA) is 131 Å². The monoisotopic (exact) mass is 527 g/mol. The van der Waals surface area contributed by atoms with Crippen molar-refractivity contribution in [2.45, 2.75) is 36.7 Å². The molecule has 4 heterocycles. The molecule has 0 radical (unpaired) electrons. The van der Waals surface area contributed by atoms with Crippen LogP contribution in [0.5, 0.6) is 0 Å². The van der Waals surface area contributed by atoms with Crippen LogP contribution in [0.3, 0.4) is 0 Å². The molecule has 13 heteroatoms. The number of sulfonamides is 1. The Morgan fingerprint density at radius 1 is 1.24 bits per heavy atom. The van der Waals surface area contributed by atoms with Crippen molar-refractivity contribution in [3.63, 3.8) is 0 Å². The summed E-state index contributed by atoms with van der Waals surface area (Å²) >= 11 is 0. The van der Waals surface area contributed by atoms with Gasteiger partial charge in [0.05, 0.1) is 6.04 Å². The van der Waals surface area contributed by atoms with Crippen LogP contribution >= 0.6 is 0 Å². The summed E-state index contributed by atoms with van der Waals surface area (Å²) in [4.78, 5) is 32.6. The van der Waals surface area contributed by atoms with E-state index in [0.29, 0.717) is 35.3 Å². The number of nitrogens with one attached hydrogen (secondary N) is 2. The van der Waals surface area contributed by atoms with Gasteiger partial charge >= 0.3 is 6.03 Å². The molecule has 0 aliphatic carbocycles. The van der Waals surface area contributed by atoms with Gasteiger partial charge in [-0.15, -0.1) is 11.5 Å². The van der Waals surface area contributed by atoms with E-state index in [0.717, 1.165) is 0 Å². The van der Waals surface area contributed by atoms with Gasteiger partial charge in [0.15, 0.2) is 6.23 Å². The third-order valence-electron chi connectivity index (χ3n) is 7.21. The fraction of sp³-hybridized carbons (Fsp3) is 0.458. The van der Waals surface area contributed by atoms with E-state index in [1.165, 1.54) is 27.3 Å². The summed E-state index contributed by atoms with van der Waals surface area (Å²) in [5.74, 6) is 2.55. The number of aromatic amines is 1. The Balaban J connectivity index is 1.38. The molecule has 12 nitrogen and oxygen atoms in total. The molecule has 2 saturated heterocycles. The van der Waals surface area contributed by atoms with Crippen LogP contribution < -0.4 is 5.32 Å². The minimum atomic E-state index is -3.97. The van der Waals surface area contributed by atoms with Gasteiger partial charge in [-0.05, 0) is 44.7 Å². The van der Waals surface area contributed by atoms with Gasteiger partial charge in [-0.25, -0.2) is 18.2 Å². The molecule has 196 valence electrons. The molecule has 3 unspecified atom stereocenters. The second kappa shape index (κ2) is 9.37. The van der Waals surface area contributed by atoms with E-state index in [-0.39, 0.29) is 36.9 Å². The highest BCUT2D eigenvalue weighted by molar-refractivity contribution is 7.89. The number of nitrogens with zero attached hydrogens (tertiary/aromatic N) is 5. The number of rotatable bonds is 3. The lowest BCUT2D eigenvalue weighted by Crippen LogP contribution is -2.63. The molecule has 5 rings (SSSR count). The first-order valence-electron chi connectivity index (χ1n) is 12.0.